The fourth-order valence-corrected chi connectivity index (χ4v) is 2.45. The number of amides is 1. The van der Waals surface area contributed by atoms with Crippen molar-refractivity contribution >= 4 is 17.4 Å². The summed E-state index contributed by atoms with van der Waals surface area (Å²) in [5.41, 5.74) is 1.65. The van der Waals surface area contributed by atoms with E-state index in [0.29, 0.717) is 13.0 Å². The molecule has 2 aliphatic rings. The number of anilines is 1. The zero-order chi connectivity index (χ0) is 11.1. The van der Waals surface area contributed by atoms with Crippen molar-refractivity contribution in [2.45, 2.75) is 12.5 Å². The molecule has 1 amide bonds. The van der Waals surface area contributed by atoms with Crippen molar-refractivity contribution in [2.75, 3.05) is 18.0 Å². The molecule has 2 aliphatic heterocycles. The lowest BCUT2D eigenvalue weighted by Crippen LogP contribution is -2.58. The summed E-state index contributed by atoms with van der Waals surface area (Å²) in [4.78, 5) is 25.6. The van der Waals surface area contributed by atoms with Gasteiger partial charge in [0.1, 0.15) is 6.04 Å². The van der Waals surface area contributed by atoms with E-state index in [1.807, 2.05) is 29.2 Å². The summed E-state index contributed by atoms with van der Waals surface area (Å²) in [5, 5.41) is 2.80. The molecule has 0 saturated carbocycles. The maximum absolute atomic E-state index is 11.9. The van der Waals surface area contributed by atoms with Crippen LogP contribution in [0.3, 0.4) is 0 Å². The summed E-state index contributed by atoms with van der Waals surface area (Å²) in [6.45, 7) is 1.43. The Morgan fingerprint density at radius 3 is 2.94 bits per heavy atom. The highest BCUT2D eigenvalue weighted by Gasteiger charge is 2.37. The summed E-state index contributed by atoms with van der Waals surface area (Å²) in [5.74, 6) is 0.0306. The van der Waals surface area contributed by atoms with Gasteiger partial charge in [0.05, 0.1) is 0 Å². The number of rotatable bonds is 0. The Morgan fingerprint density at radius 2 is 2.06 bits per heavy atom. The normalized spacial score (nSPS) is 23.5. The highest BCUT2D eigenvalue weighted by atomic mass is 16.2. The second kappa shape index (κ2) is 3.33. The first kappa shape index (κ1) is 9.39. The lowest BCUT2D eigenvalue weighted by Gasteiger charge is -2.40. The molecule has 4 heteroatoms. The molecule has 2 heterocycles. The van der Waals surface area contributed by atoms with E-state index in [1.165, 1.54) is 0 Å². The number of hydrogen-bond donors (Lipinski definition) is 1. The van der Waals surface area contributed by atoms with Gasteiger partial charge in [-0.3, -0.25) is 9.59 Å². The molecule has 0 spiro atoms. The molecule has 1 N–H and O–H groups in total. The van der Waals surface area contributed by atoms with Gasteiger partial charge in [0.15, 0.2) is 5.78 Å². The summed E-state index contributed by atoms with van der Waals surface area (Å²) >= 11 is 0. The van der Waals surface area contributed by atoms with E-state index in [-0.39, 0.29) is 17.7 Å². The van der Waals surface area contributed by atoms with Crippen molar-refractivity contribution in [2.24, 2.45) is 0 Å². The van der Waals surface area contributed by atoms with Crippen LogP contribution in [0.4, 0.5) is 5.69 Å². The molecule has 82 valence electrons. The maximum atomic E-state index is 11.9. The van der Waals surface area contributed by atoms with E-state index in [2.05, 4.69) is 5.32 Å². The molecule has 1 atom stereocenters. The number of hydrogen-bond acceptors (Lipinski definition) is 3. The molecule has 1 fully saturated rings. The van der Waals surface area contributed by atoms with E-state index >= 15 is 0 Å². The molecule has 1 aromatic carbocycles. The van der Waals surface area contributed by atoms with Crippen LogP contribution in [0.25, 0.3) is 0 Å². The molecule has 1 aromatic rings. The number of fused-ring (bicyclic) bond motifs is 3. The second-order valence-electron chi connectivity index (χ2n) is 4.14. The topological polar surface area (TPSA) is 49.4 Å². The van der Waals surface area contributed by atoms with Crippen LogP contribution in [0, 0.1) is 0 Å². The van der Waals surface area contributed by atoms with Gasteiger partial charge in [0.25, 0.3) is 0 Å². The Balaban J connectivity index is 2.10. The monoisotopic (exact) mass is 216 g/mol. The molecule has 3 rings (SSSR count). The van der Waals surface area contributed by atoms with Crippen LogP contribution in [-0.2, 0) is 4.79 Å². The van der Waals surface area contributed by atoms with Crippen LogP contribution in [0.5, 0.6) is 0 Å². The van der Waals surface area contributed by atoms with Crippen molar-refractivity contribution in [3.63, 3.8) is 0 Å². The van der Waals surface area contributed by atoms with Gasteiger partial charge in [-0.05, 0) is 12.1 Å². The van der Waals surface area contributed by atoms with E-state index in [0.717, 1.165) is 17.8 Å². The molecule has 4 nitrogen and oxygen atoms in total. The first-order valence-electron chi connectivity index (χ1n) is 5.44. The van der Waals surface area contributed by atoms with Crippen LogP contribution in [0.2, 0.25) is 0 Å². The van der Waals surface area contributed by atoms with Gasteiger partial charge in [-0.15, -0.1) is 0 Å². The lowest BCUT2D eigenvalue weighted by molar-refractivity contribution is -0.123. The van der Waals surface area contributed by atoms with Crippen LogP contribution in [0.15, 0.2) is 24.3 Å². The zero-order valence-corrected chi connectivity index (χ0v) is 8.77. The number of Topliss-reactive ketones (excluding diaryl/α,β-unsaturated/α-hetero) is 1. The third kappa shape index (κ3) is 1.23. The highest BCUT2D eigenvalue weighted by Crippen LogP contribution is 2.31. The maximum Gasteiger partial charge on any atom is 0.243 e. The van der Waals surface area contributed by atoms with Crippen LogP contribution < -0.4 is 10.2 Å². The number of carbonyl (C=O) groups is 2. The fourth-order valence-electron chi connectivity index (χ4n) is 2.45. The van der Waals surface area contributed by atoms with Crippen LogP contribution >= 0.6 is 0 Å². The highest BCUT2D eigenvalue weighted by molar-refractivity contribution is 6.08. The lowest BCUT2D eigenvalue weighted by atomic mass is 9.93. The molecular weight excluding hydrogens is 204 g/mol. The smallest absolute Gasteiger partial charge is 0.243 e. The van der Waals surface area contributed by atoms with Crippen molar-refractivity contribution in [1.82, 2.24) is 5.32 Å². The summed E-state index contributed by atoms with van der Waals surface area (Å²) in [6, 6.07) is 7.21. The zero-order valence-electron chi connectivity index (χ0n) is 8.77. The number of para-hydroxylation sites is 1. The van der Waals surface area contributed by atoms with Crippen molar-refractivity contribution < 1.29 is 9.59 Å². The number of benzene rings is 1. The average Bonchev–Trinajstić information content (AvgIpc) is 2.31. The van der Waals surface area contributed by atoms with E-state index < -0.39 is 0 Å². The fraction of sp³-hybridized carbons (Fsp3) is 0.333. The predicted octanol–water partition coefficient (Wildman–Crippen LogP) is 0.578. The number of piperazine rings is 1. The number of nitrogens with one attached hydrogen (secondary N) is 1. The molecule has 0 aliphatic carbocycles. The third-order valence-corrected chi connectivity index (χ3v) is 3.22. The minimum absolute atomic E-state index is 0.0332. The summed E-state index contributed by atoms with van der Waals surface area (Å²) < 4.78 is 0. The largest absolute Gasteiger partial charge is 0.357 e. The average molecular weight is 216 g/mol. The molecule has 1 saturated heterocycles. The van der Waals surface area contributed by atoms with Crippen molar-refractivity contribution in [3.05, 3.63) is 29.8 Å². The van der Waals surface area contributed by atoms with Gasteiger partial charge in [0.2, 0.25) is 5.91 Å². The van der Waals surface area contributed by atoms with Crippen LogP contribution in [-0.4, -0.2) is 30.8 Å². The molecule has 0 bridgehead atoms. The van der Waals surface area contributed by atoms with E-state index in [4.69, 9.17) is 0 Å². The van der Waals surface area contributed by atoms with E-state index in [1.54, 1.807) is 0 Å². The molecule has 1 unspecified atom stereocenters. The standard InChI is InChI=1S/C12H12N2O2/c15-11-7-10-12(16)13-5-6-14(10)9-4-2-1-3-8(9)11/h1-4,10H,5-7H2,(H,13,16). The van der Waals surface area contributed by atoms with Crippen molar-refractivity contribution in [1.29, 1.82) is 0 Å². The molecule has 0 aromatic heterocycles. The van der Waals surface area contributed by atoms with E-state index in [9.17, 15) is 9.59 Å². The first-order valence-corrected chi connectivity index (χ1v) is 5.44. The molecular formula is C12H12N2O2. The van der Waals surface area contributed by atoms with Gasteiger partial charge in [-0.25, -0.2) is 0 Å². The Hall–Kier alpha value is -1.84. The summed E-state index contributed by atoms with van der Waals surface area (Å²) in [7, 11) is 0. The Bertz CT molecular complexity index is 470. The quantitative estimate of drug-likeness (QED) is 0.690. The van der Waals surface area contributed by atoms with Gasteiger partial charge < -0.3 is 10.2 Å². The Labute approximate surface area is 93.2 Å². The van der Waals surface area contributed by atoms with Gasteiger partial charge in [-0.1, -0.05) is 12.1 Å². The minimum Gasteiger partial charge on any atom is -0.357 e. The number of nitrogens with zero attached hydrogens (tertiary/aromatic N) is 1. The summed E-state index contributed by atoms with van der Waals surface area (Å²) in [6.07, 6.45) is 0.294. The minimum atomic E-state index is -0.309. The van der Waals surface area contributed by atoms with Gasteiger partial charge in [-0.2, -0.15) is 0 Å². The predicted molar refractivity (Wildman–Crippen MR) is 59.5 cm³/mol. The Kier molecular flexibility index (Phi) is 1.96. The third-order valence-electron chi connectivity index (χ3n) is 3.22. The number of ketones is 1. The first-order chi connectivity index (χ1) is 7.77. The van der Waals surface area contributed by atoms with Crippen molar-refractivity contribution in [3.8, 4) is 0 Å². The van der Waals surface area contributed by atoms with Gasteiger partial charge in [0, 0.05) is 30.8 Å². The van der Waals surface area contributed by atoms with Crippen LogP contribution in [0.1, 0.15) is 16.8 Å². The Morgan fingerprint density at radius 1 is 1.25 bits per heavy atom. The van der Waals surface area contributed by atoms with Gasteiger partial charge >= 0.3 is 0 Å². The number of carbonyl (C=O) groups excluding carboxylic acids is 2. The SMILES string of the molecule is O=C1CC2C(=O)NCCN2c2ccccc21. The molecule has 16 heavy (non-hydrogen) atoms. The molecule has 0 radical (unpaired) electrons. The second-order valence-corrected chi connectivity index (χ2v) is 4.14.